The normalized spacial score (nSPS) is 38.1. The SMILES string of the molecule is CCNC1(CO)CC(C)(C)CC1C. The van der Waals surface area contributed by atoms with Gasteiger partial charge in [-0.15, -0.1) is 0 Å². The minimum atomic E-state index is -0.0156. The number of rotatable bonds is 3. The molecule has 0 saturated heterocycles. The fourth-order valence-corrected chi connectivity index (χ4v) is 2.98. The summed E-state index contributed by atoms with van der Waals surface area (Å²) in [6.45, 7) is 10.1. The van der Waals surface area contributed by atoms with Crippen molar-refractivity contribution in [1.29, 1.82) is 0 Å². The third-order valence-corrected chi connectivity index (χ3v) is 3.41. The van der Waals surface area contributed by atoms with Crippen LogP contribution in [-0.2, 0) is 0 Å². The number of aliphatic hydroxyl groups excluding tert-OH is 1. The molecule has 78 valence electrons. The van der Waals surface area contributed by atoms with Crippen molar-refractivity contribution in [3.8, 4) is 0 Å². The van der Waals surface area contributed by atoms with Gasteiger partial charge in [-0.05, 0) is 30.7 Å². The number of nitrogens with one attached hydrogen (secondary N) is 1. The van der Waals surface area contributed by atoms with E-state index in [1.165, 1.54) is 6.42 Å². The van der Waals surface area contributed by atoms with Crippen molar-refractivity contribution >= 4 is 0 Å². The quantitative estimate of drug-likeness (QED) is 0.702. The molecule has 0 radical (unpaired) electrons. The monoisotopic (exact) mass is 185 g/mol. The average molecular weight is 185 g/mol. The van der Waals surface area contributed by atoms with Crippen LogP contribution in [0, 0.1) is 11.3 Å². The first kappa shape index (κ1) is 11.0. The van der Waals surface area contributed by atoms with Crippen molar-refractivity contribution in [2.24, 2.45) is 11.3 Å². The first-order chi connectivity index (χ1) is 5.96. The average Bonchev–Trinajstić information content (AvgIpc) is 2.23. The molecule has 13 heavy (non-hydrogen) atoms. The summed E-state index contributed by atoms with van der Waals surface area (Å²) in [5.41, 5.74) is 0.364. The van der Waals surface area contributed by atoms with E-state index in [-0.39, 0.29) is 12.1 Å². The van der Waals surface area contributed by atoms with Gasteiger partial charge in [0.25, 0.3) is 0 Å². The van der Waals surface area contributed by atoms with Gasteiger partial charge in [-0.2, -0.15) is 0 Å². The molecule has 0 bridgehead atoms. The van der Waals surface area contributed by atoms with Crippen molar-refractivity contribution in [2.75, 3.05) is 13.2 Å². The predicted octanol–water partition coefficient (Wildman–Crippen LogP) is 1.78. The summed E-state index contributed by atoms with van der Waals surface area (Å²) in [6, 6.07) is 0. The van der Waals surface area contributed by atoms with Crippen LogP contribution in [0.4, 0.5) is 0 Å². The van der Waals surface area contributed by atoms with Gasteiger partial charge in [-0.25, -0.2) is 0 Å². The smallest absolute Gasteiger partial charge is 0.0616 e. The lowest BCUT2D eigenvalue weighted by atomic mass is 9.87. The lowest BCUT2D eigenvalue weighted by Gasteiger charge is -2.33. The third kappa shape index (κ3) is 2.05. The van der Waals surface area contributed by atoms with Gasteiger partial charge in [0, 0.05) is 5.54 Å². The van der Waals surface area contributed by atoms with Crippen molar-refractivity contribution in [1.82, 2.24) is 5.32 Å². The molecule has 0 aromatic heterocycles. The Morgan fingerprint density at radius 2 is 2.08 bits per heavy atom. The molecule has 2 unspecified atom stereocenters. The standard InChI is InChI=1S/C11H23NO/c1-5-12-11(8-13)7-10(3,4)6-9(11)2/h9,12-13H,5-8H2,1-4H3. The van der Waals surface area contributed by atoms with Gasteiger partial charge in [-0.3, -0.25) is 0 Å². The minimum Gasteiger partial charge on any atom is -0.394 e. The van der Waals surface area contributed by atoms with E-state index in [2.05, 4.69) is 33.0 Å². The number of aliphatic hydroxyl groups is 1. The second-order valence-electron chi connectivity index (χ2n) is 5.29. The van der Waals surface area contributed by atoms with Crippen LogP contribution < -0.4 is 5.32 Å². The van der Waals surface area contributed by atoms with Gasteiger partial charge in [0.05, 0.1) is 6.61 Å². The largest absolute Gasteiger partial charge is 0.394 e. The summed E-state index contributed by atoms with van der Waals surface area (Å²) in [4.78, 5) is 0. The zero-order chi connectivity index (χ0) is 10.1. The van der Waals surface area contributed by atoms with E-state index < -0.39 is 0 Å². The zero-order valence-corrected chi connectivity index (χ0v) is 9.35. The molecule has 0 heterocycles. The Labute approximate surface area is 81.7 Å². The Morgan fingerprint density at radius 3 is 2.38 bits per heavy atom. The molecule has 0 aliphatic heterocycles. The minimum absolute atomic E-state index is 0.0156. The molecule has 0 spiro atoms. The van der Waals surface area contributed by atoms with E-state index in [1.54, 1.807) is 0 Å². The van der Waals surface area contributed by atoms with Crippen LogP contribution in [0.25, 0.3) is 0 Å². The second kappa shape index (κ2) is 3.58. The number of hydrogen-bond donors (Lipinski definition) is 2. The Kier molecular flexibility index (Phi) is 3.03. The molecule has 1 aliphatic rings. The molecule has 2 heteroatoms. The van der Waals surface area contributed by atoms with Gasteiger partial charge < -0.3 is 10.4 Å². The number of hydrogen-bond acceptors (Lipinski definition) is 2. The van der Waals surface area contributed by atoms with Crippen LogP contribution >= 0.6 is 0 Å². The van der Waals surface area contributed by atoms with Crippen molar-refractivity contribution in [2.45, 2.75) is 46.1 Å². The second-order valence-corrected chi connectivity index (χ2v) is 5.29. The first-order valence-corrected chi connectivity index (χ1v) is 5.32. The highest BCUT2D eigenvalue weighted by molar-refractivity contribution is 5.03. The summed E-state index contributed by atoms with van der Waals surface area (Å²) in [5, 5.41) is 13.0. The Bertz CT molecular complexity index is 179. The maximum Gasteiger partial charge on any atom is 0.0616 e. The summed E-state index contributed by atoms with van der Waals surface area (Å²) in [5.74, 6) is 0.576. The zero-order valence-electron chi connectivity index (χ0n) is 9.35. The molecule has 0 aromatic rings. The highest BCUT2D eigenvalue weighted by Crippen LogP contribution is 2.47. The fraction of sp³-hybridized carbons (Fsp3) is 1.00. The Hall–Kier alpha value is -0.0800. The highest BCUT2D eigenvalue weighted by atomic mass is 16.3. The summed E-state index contributed by atoms with van der Waals surface area (Å²) in [7, 11) is 0. The summed E-state index contributed by atoms with van der Waals surface area (Å²) >= 11 is 0. The Balaban J connectivity index is 2.76. The van der Waals surface area contributed by atoms with Crippen LogP contribution in [0.2, 0.25) is 0 Å². The lowest BCUT2D eigenvalue weighted by Crippen LogP contribution is -2.50. The van der Waals surface area contributed by atoms with E-state index in [0.717, 1.165) is 13.0 Å². The highest BCUT2D eigenvalue weighted by Gasteiger charge is 2.47. The molecule has 1 aliphatic carbocycles. The van der Waals surface area contributed by atoms with Gasteiger partial charge >= 0.3 is 0 Å². The molecule has 2 atom stereocenters. The molecule has 2 N–H and O–H groups in total. The predicted molar refractivity (Wildman–Crippen MR) is 55.7 cm³/mol. The van der Waals surface area contributed by atoms with E-state index in [0.29, 0.717) is 11.3 Å². The maximum absolute atomic E-state index is 9.49. The van der Waals surface area contributed by atoms with Crippen LogP contribution in [0.3, 0.4) is 0 Å². The number of likely N-dealkylation sites (N-methyl/N-ethyl adjacent to an activating group) is 1. The Morgan fingerprint density at radius 1 is 1.46 bits per heavy atom. The van der Waals surface area contributed by atoms with Crippen LogP contribution in [-0.4, -0.2) is 23.8 Å². The molecule has 0 aromatic carbocycles. The molecule has 1 fully saturated rings. The van der Waals surface area contributed by atoms with Crippen LogP contribution in [0.5, 0.6) is 0 Å². The van der Waals surface area contributed by atoms with Gasteiger partial charge in [0.15, 0.2) is 0 Å². The van der Waals surface area contributed by atoms with E-state index >= 15 is 0 Å². The molecular formula is C11H23NO. The van der Waals surface area contributed by atoms with Crippen molar-refractivity contribution in [3.05, 3.63) is 0 Å². The van der Waals surface area contributed by atoms with E-state index in [1.807, 2.05) is 0 Å². The lowest BCUT2D eigenvalue weighted by molar-refractivity contribution is 0.127. The van der Waals surface area contributed by atoms with Crippen molar-refractivity contribution < 1.29 is 5.11 Å². The van der Waals surface area contributed by atoms with Gasteiger partial charge in [-0.1, -0.05) is 27.7 Å². The molecule has 1 saturated carbocycles. The fourth-order valence-electron chi connectivity index (χ4n) is 2.98. The van der Waals surface area contributed by atoms with Crippen LogP contribution in [0.1, 0.15) is 40.5 Å². The first-order valence-electron chi connectivity index (χ1n) is 5.32. The van der Waals surface area contributed by atoms with Gasteiger partial charge in [0.2, 0.25) is 0 Å². The van der Waals surface area contributed by atoms with Gasteiger partial charge in [0.1, 0.15) is 0 Å². The van der Waals surface area contributed by atoms with Crippen LogP contribution in [0.15, 0.2) is 0 Å². The summed E-state index contributed by atoms with van der Waals surface area (Å²) < 4.78 is 0. The maximum atomic E-state index is 9.49. The molecule has 1 rings (SSSR count). The van der Waals surface area contributed by atoms with Crippen molar-refractivity contribution in [3.63, 3.8) is 0 Å². The molecule has 0 amide bonds. The van der Waals surface area contributed by atoms with E-state index in [4.69, 9.17) is 0 Å². The molecular weight excluding hydrogens is 162 g/mol. The van der Waals surface area contributed by atoms with E-state index in [9.17, 15) is 5.11 Å². The summed E-state index contributed by atoms with van der Waals surface area (Å²) in [6.07, 6.45) is 2.30. The third-order valence-electron chi connectivity index (χ3n) is 3.41. The molecule has 2 nitrogen and oxygen atoms in total. The topological polar surface area (TPSA) is 32.3 Å².